The highest BCUT2D eigenvalue weighted by Gasteiger charge is 2.53. The van der Waals surface area contributed by atoms with E-state index in [9.17, 15) is 9.59 Å². The molecule has 2 aliphatic carbocycles. The van der Waals surface area contributed by atoms with Crippen LogP contribution in [0, 0.1) is 5.41 Å². The summed E-state index contributed by atoms with van der Waals surface area (Å²) in [5, 5.41) is 0. The zero-order valence-corrected chi connectivity index (χ0v) is 10.7. The molecule has 0 N–H and O–H groups in total. The zero-order chi connectivity index (χ0) is 12.8. The lowest BCUT2D eigenvalue weighted by Gasteiger charge is -2.43. The van der Waals surface area contributed by atoms with E-state index in [1.165, 1.54) is 11.1 Å². The van der Waals surface area contributed by atoms with Crippen molar-refractivity contribution in [1.82, 2.24) is 0 Å². The van der Waals surface area contributed by atoms with Gasteiger partial charge in [0.1, 0.15) is 5.78 Å². The van der Waals surface area contributed by atoms with Crippen molar-refractivity contribution in [3.63, 3.8) is 0 Å². The van der Waals surface area contributed by atoms with Crippen LogP contribution < -0.4 is 0 Å². The maximum atomic E-state index is 12.7. The summed E-state index contributed by atoms with van der Waals surface area (Å²) in [7, 11) is 0. The number of fused-ring (bicyclic) bond motifs is 4. The highest BCUT2D eigenvalue weighted by atomic mass is 16.2. The van der Waals surface area contributed by atoms with Gasteiger partial charge in [0.05, 0.1) is 5.41 Å². The summed E-state index contributed by atoms with van der Waals surface area (Å²) in [6.07, 6.45) is 3.53. The molecule has 1 fully saturated rings. The normalized spacial score (nSPS) is 30.2. The van der Waals surface area contributed by atoms with Crippen LogP contribution in [0.4, 0.5) is 0 Å². The van der Waals surface area contributed by atoms with Gasteiger partial charge in [-0.05, 0) is 30.4 Å². The number of hydrogen-bond donors (Lipinski definition) is 0. The number of ketones is 2. The standard InChI is InChI=1S/C16H18O2/c1-2-9-16-10-11-5-3-4-6-12(11)13(15(16)18)7-8-14(16)17/h3-6,13H,2,7-10H2,1H3. The van der Waals surface area contributed by atoms with Crippen molar-refractivity contribution in [2.75, 3.05) is 0 Å². The fourth-order valence-corrected chi connectivity index (χ4v) is 3.74. The second-order valence-corrected chi connectivity index (χ2v) is 5.59. The highest BCUT2D eigenvalue weighted by molar-refractivity contribution is 6.13. The van der Waals surface area contributed by atoms with E-state index in [2.05, 4.69) is 19.1 Å². The molecule has 3 rings (SSSR count). The van der Waals surface area contributed by atoms with E-state index in [1.54, 1.807) is 0 Å². The maximum Gasteiger partial charge on any atom is 0.154 e. The van der Waals surface area contributed by atoms with Crippen LogP contribution in [0.15, 0.2) is 24.3 Å². The van der Waals surface area contributed by atoms with Gasteiger partial charge in [0.15, 0.2) is 5.78 Å². The molecule has 0 saturated heterocycles. The number of hydrogen-bond acceptors (Lipinski definition) is 2. The molecule has 18 heavy (non-hydrogen) atoms. The molecule has 1 aromatic rings. The van der Waals surface area contributed by atoms with Crippen molar-refractivity contribution in [3.05, 3.63) is 35.4 Å². The van der Waals surface area contributed by atoms with Crippen LogP contribution in [0.5, 0.6) is 0 Å². The Hall–Kier alpha value is -1.44. The first-order chi connectivity index (χ1) is 8.69. The van der Waals surface area contributed by atoms with Crippen LogP contribution in [0.2, 0.25) is 0 Å². The van der Waals surface area contributed by atoms with Gasteiger partial charge < -0.3 is 0 Å². The van der Waals surface area contributed by atoms with E-state index >= 15 is 0 Å². The largest absolute Gasteiger partial charge is 0.299 e. The molecular formula is C16H18O2. The molecule has 0 radical (unpaired) electrons. The average Bonchev–Trinajstić information content (AvgIpc) is 2.36. The number of rotatable bonds is 2. The van der Waals surface area contributed by atoms with Crippen molar-refractivity contribution in [2.45, 2.75) is 44.9 Å². The molecule has 94 valence electrons. The third-order valence-corrected chi connectivity index (χ3v) is 4.58. The number of carbonyl (C=O) groups is 2. The molecule has 0 aliphatic heterocycles. The van der Waals surface area contributed by atoms with Crippen molar-refractivity contribution in [1.29, 1.82) is 0 Å². The van der Waals surface area contributed by atoms with Crippen molar-refractivity contribution >= 4 is 11.6 Å². The quantitative estimate of drug-likeness (QED) is 0.747. The summed E-state index contributed by atoms with van der Waals surface area (Å²) in [6.45, 7) is 2.05. The molecule has 0 aromatic heterocycles. The summed E-state index contributed by atoms with van der Waals surface area (Å²) in [4.78, 5) is 25.0. The monoisotopic (exact) mass is 242 g/mol. The first-order valence-corrected chi connectivity index (χ1v) is 6.84. The van der Waals surface area contributed by atoms with Crippen LogP contribution in [-0.2, 0) is 16.0 Å². The Morgan fingerprint density at radius 1 is 1.28 bits per heavy atom. The molecule has 1 aromatic carbocycles. The van der Waals surface area contributed by atoms with Crippen LogP contribution in [0.1, 0.15) is 49.7 Å². The Morgan fingerprint density at radius 3 is 2.83 bits per heavy atom. The van der Waals surface area contributed by atoms with Gasteiger partial charge in [0.2, 0.25) is 0 Å². The van der Waals surface area contributed by atoms with Crippen LogP contribution in [0.3, 0.4) is 0 Å². The lowest BCUT2D eigenvalue weighted by molar-refractivity contribution is -0.146. The van der Waals surface area contributed by atoms with Crippen molar-refractivity contribution < 1.29 is 9.59 Å². The Balaban J connectivity index is 2.15. The molecule has 2 aliphatic rings. The second-order valence-electron chi connectivity index (χ2n) is 5.59. The Morgan fingerprint density at radius 2 is 2.06 bits per heavy atom. The lowest BCUT2D eigenvalue weighted by Crippen LogP contribution is -2.50. The predicted octanol–water partition coefficient (Wildman–Crippen LogP) is 3.04. The minimum atomic E-state index is -0.688. The van der Waals surface area contributed by atoms with E-state index in [0.29, 0.717) is 19.3 Å². The number of Topliss-reactive ketones (excluding diaryl/α,β-unsaturated/α-hetero) is 2. The average molecular weight is 242 g/mol. The summed E-state index contributed by atoms with van der Waals surface area (Å²) in [5.41, 5.74) is 1.69. The second kappa shape index (κ2) is 4.04. The summed E-state index contributed by atoms with van der Waals surface area (Å²) in [5.74, 6) is 0.346. The molecule has 1 saturated carbocycles. The summed E-state index contributed by atoms with van der Waals surface area (Å²) >= 11 is 0. The van der Waals surface area contributed by atoms with Gasteiger partial charge in [0.25, 0.3) is 0 Å². The van der Waals surface area contributed by atoms with Gasteiger partial charge >= 0.3 is 0 Å². The molecule has 2 heteroatoms. The smallest absolute Gasteiger partial charge is 0.154 e. The fourth-order valence-electron chi connectivity index (χ4n) is 3.74. The zero-order valence-electron chi connectivity index (χ0n) is 10.7. The van der Waals surface area contributed by atoms with Gasteiger partial charge in [-0.3, -0.25) is 9.59 Å². The van der Waals surface area contributed by atoms with Gasteiger partial charge in [-0.15, -0.1) is 0 Å². The molecule has 2 bridgehead atoms. The third kappa shape index (κ3) is 1.41. The van der Waals surface area contributed by atoms with E-state index in [4.69, 9.17) is 0 Å². The molecule has 0 spiro atoms. The minimum Gasteiger partial charge on any atom is -0.299 e. The Labute approximate surface area is 107 Å². The topological polar surface area (TPSA) is 34.1 Å². The maximum absolute atomic E-state index is 12.7. The first-order valence-electron chi connectivity index (χ1n) is 6.84. The van der Waals surface area contributed by atoms with Crippen LogP contribution in [-0.4, -0.2) is 11.6 Å². The lowest BCUT2D eigenvalue weighted by atomic mass is 9.57. The molecule has 2 atom stereocenters. The molecule has 2 unspecified atom stereocenters. The van der Waals surface area contributed by atoms with Crippen LogP contribution >= 0.6 is 0 Å². The minimum absolute atomic E-state index is 0.0285. The Bertz CT molecular complexity index is 518. The molecular weight excluding hydrogens is 224 g/mol. The van der Waals surface area contributed by atoms with E-state index in [-0.39, 0.29) is 17.5 Å². The fraction of sp³-hybridized carbons (Fsp3) is 0.500. The van der Waals surface area contributed by atoms with E-state index in [0.717, 1.165) is 12.8 Å². The third-order valence-electron chi connectivity index (χ3n) is 4.58. The molecule has 0 amide bonds. The SMILES string of the molecule is CCCC12Cc3ccccc3C(CCC1=O)C2=O. The van der Waals surface area contributed by atoms with Gasteiger partial charge in [-0.25, -0.2) is 0 Å². The van der Waals surface area contributed by atoms with Gasteiger partial charge in [-0.2, -0.15) is 0 Å². The predicted molar refractivity (Wildman–Crippen MR) is 69.5 cm³/mol. The number of benzene rings is 1. The van der Waals surface area contributed by atoms with Crippen molar-refractivity contribution in [2.24, 2.45) is 5.41 Å². The van der Waals surface area contributed by atoms with E-state index in [1.807, 2.05) is 12.1 Å². The van der Waals surface area contributed by atoms with Gasteiger partial charge in [0, 0.05) is 12.3 Å². The Kier molecular flexibility index (Phi) is 2.61. The van der Waals surface area contributed by atoms with Crippen molar-refractivity contribution in [3.8, 4) is 0 Å². The summed E-state index contributed by atoms with van der Waals surface area (Å²) in [6, 6.07) is 8.14. The van der Waals surface area contributed by atoms with Crippen LogP contribution in [0.25, 0.3) is 0 Å². The molecule has 0 heterocycles. The molecule has 2 nitrogen and oxygen atoms in total. The summed E-state index contributed by atoms with van der Waals surface area (Å²) < 4.78 is 0. The number of carbonyl (C=O) groups excluding carboxylic acids is 2. The highest BCUT2D eigenvalue weighted by Crippen LogP contribution is 2.48. The van der Waals surface area contributed by atoms with E-state index < -0.39 is 5.41 Å². The van der Waals surface area contributed by atoms with Gasteiger partial charge in [-0.1, -0.05) is 37.6 Å². The first kappa shape index (κ1) is 11.6.